The third kappa shape index (κ3) is 4.14. The molecule has 0 fully saturated rings. The second kappa shape index (κ2) is 6.49. The zero-order chi connectivity index (χ0) is 15.5. The lowest BCUT2D eigenvalue weighted by molar-refractivity contribution is 0.0697. The lowest BCUT2D eigenvalue weighted by atomic mass is 10.1. The highest BCUT2D eigenvalue weighted by Gasteiger charge is 2.21. The highest BCUT2D eigenvalue weighted by atomic mass is 32.2. The molecule has 1 heterocycles. The third-order valence-electron chi connectivity index (χ3n) is 3.05. The average molecular weight is 316 g/mol. The van der Waals surface area contributed by atoms with Crippen LogP contribution in [0, 0.1) is 13.8 Å². The largest absolute Gasteiger partial charge is 0.478 e. The van der Waals surface area contributed by atoms with E-state index in [0.717, 1.165) is 4.88 Å². The van der Waals surface area contributed by atoms with Crippen LogP contribution >= 0.6 is 23.1 Å². The number of thioether (sulfide) groups is 1. The van der Waals surface area contributed by atoms with Crippen molar-refractivity contribution in [3.05, 3.63) is 16.0 Å². The number of hydrogen-bond donors (Lipinski definition) is 3. The van der Waals surface area contributed by atoms with Crippen LogP contribution in [0.15, 0.2) is 0 Å². The molecule has 1 aromatic heterocycles. The van der Waals surface area contributed by atoms with E-state index in [0.29, 0.717) is 17.1 Å². The topological polar surface area (TPSA) is 78.4 Å². The molecule has 2 amide bonds. The van der Waals surface area contributed by atoms with Crippen molar-refractivity contribution in [1.82, 2.24) is 5.32 Å². The average Bonchev–Trinajstić information content (AvgIpc) is 2.62. The molecule has 0 unspecified atom stereocenters. The molecule has 0 aromatic carbocycles. The smallest absolute Gasteiger partial charge is 0.338 e. The molecule has 0 spiro atoms. The molecule has 0 saturated carbocycles. The fraction of sp³-hybridized carbons (Fsp3) is 0.538. The fourth-order valence-electron chi connectivity index (χ4n) is 1.49. The van der Waals surface area contributed by atoms with Gasteiger partial charge in [-0.3, -0.25) is 5.32 Å². The van der Waals surface area contributed by atoms with Crippen LogP contribution in [0.25, 0.3) is 0 Å². The van der Waals surface area contributed by atoms with Crippen LogP contribution in [0.1, 0.15) is 34.6 Å². The number of amides is 2. The molecule has 0 aliphatic carbocycles. The molecule has 20 heavy (non-hydrogen) atoms. The molecule has 0 atom stereocenters. The number of hydrogen-bond acceptors (Lipinski definition) is 4. The number of nitrogens with one attached hydrogen (secondary N) is 2. The highest BCUT2D eigenvalue weighted by molar-refractivity contribution is 7.99. The van der Waals surface area contributed by atoms with E-state index < -0.39 is 5.97 Å². The summed E-state index contributed by atoms with van der Waals surface area (Å²) in [7, 11) is 0. The number of urea groups is 1. The molecular formula is C13H20N2O3S2. The predicted molar refractivity (Wildman–Crippen MR) is 85.4 cm³/mol. The molecule has 0 aliphatic rings. The van der Waals surface area contributed by atoms with Crippen LogP contribution in [-0.2, 0) is 0 Å². The van der Waals surface area contributed by atoms with Crippen molar-refractivity contribution < 1.29 is 14.7 Å². The summed E-state index contributed by atoms with van der Waals surface area (Å²) in [5, 5.41) is 15.0. The standard InChI is InChI=1S/C13H20N2O3S2/c1-7-8(2)20-10(9(7)11(16)17)15-12(18)14-6-13(3,4)19-5/h6H2,1-5H3,(H,16,17)(H2,14,15,18). The molecule has 0 bridgehead atoms. The van der Waals surface area contributed by atoms with Gasteiger partial charge >= 0.3 is 12.0 Å². The SMILES string of the molecule is CSC(C)(C)CNC(=O)Nc1sc(C)c(C)c1C(=O)O. The molecule has 0 saturated heterocycles. The van der Waals surface area contributed by atoms with Gasteiger partial charge in [-0.15, -0.1) is 11.3 Å². The molecule has 0 aliphatic heterocycles. The van der Waals surface area contributed by atoms with Gasteiger partial charge in [-0.1, -0.05) is 0 Å². The van der Waals surface area contributed by atoms with Crippen molar-refractivity contribution in [2.24, 2.45) is 0 Å². The van der Waals surface area contributed by atoms with Crippen molar-refractivity contribution in [3.8, 4) is 0 Å². The van der Waals surface area contributed by atoms with Gasteiger partial charge in [0.25, 0.3) is 0 Å². The van der Waals surface area contributed by atoms with Crippen molar-refractivity contribution >= 4 is 40.1 Å². The number of carbonyl (C=O) groups is 2. The Morgan fingerprint density at radius 2 is 1.95 bits per heavy atom. The van der Waals surface area contributed by atoms with E-state index in [-0.39, 0.29) is 16.3 Å². The van der Waals surface area contributed by atoms with Gasteiger partial charge in [-0.05, 0) is 39.5 Å². The van der Waals surface area contributed by atoms with E-state index in [1.54, 1.807) is 18.7 Å². The molecule has 1 rings (SSSR count). The molecule has 0 radical (unpaired) electrons. The quantitative estimate of drug-likeness (QED) is 0.778. The zero-order valence-corrected chi connectivity index (χ0v) is 13.9. The lowest BCUT2D eigenvalue weighted by Crippen LogP contribution is -2.38. The Labute approximate surface area is 127 Å². The van der Waals surface area contributed by atoms with Crippen LogP contribution in [-0.4, -0.2) is 34.7 Å². The summed E-state index contributed by atoms with van der Waals surface area (Å²) in [6.45, 7) is 8.15. The van der Waals surface area contributed by atoms with Crippen molar-refractivity contribution in [2.45, 2.75) is 32.4 Å². The van der Waals surface area contributed by atoms with E-state index in [4.69, 9.17) is 0 Å². The van der Waals surface area contributed by atoms with E-state index in [1.165, 1.54) is 11.3 Å². The van der Waals surface area contributed by atoms with Gasteiger partial charge in [0.05, 0.1) is 5.56 Å². The van der Waals surface area contributed by atoms with Crippen LogP contribution in [0.4, 0.5) is 9.80 Å². The minimum Gasteiger partial charge on any atom is -0.478 e. The Hall–Kier alpha value is -1.21. The van der Waals surface area contributed by atoms with Gasteiger partial charge in [0.2, 0.25) is 0 Å². The Morgan fingerprint density at radius 3 is 2.45 bits per heavy atom. The third-order valence-corrected chi connectivity index (χ3v) is 5.43. The van der Waals surface area contributed by atoms with E-state index >= 15 is 0 Å². The number of aromatic carboxylic acids is 1. The van der Waals surface area contributed by atoms with Crippen molar-refractivity contribution in [2.75, 3.05) is 18.1 Å². The Kier molecular flexibility index (Phi) is 5.47. The monoisotopic (exact) mass is 316 g/mol. The van der Waals surface area contributed by atoms with Gasteiger partial charge in [0, 0.05) is 16.2 Å². The van der Waals surface area contributed by atoms with Crippen LogP contribution in [0.5, 0.6) is 0 Å². The summed E-state index contributed by atoms with van der Waals surface area (Å²) in [5.41, 5.74) is 0.869. The summed E-state index contributed by atoms with van der Waals surface area (Å²) in [6.07, 6.45) is 1.98. The van der Waals surface area contributed by atoms with E-state index in [1.807, 2.05) is 27.0 Å². The molecular weight excluding hydrogens is 296 g/mol. The van der Waals surface area contributed by atoms with Gasteiger partial charge in [0.1, 0.15) is 5.00 Å². The van der Waals surface area contributed by atoms with Crippen LogP contribution < -0.4 is 10.6 Å². The first-order valence-electron chi connectivity index (χ1n) is 6.11. The van der Waals surface area contributed by atoms with Crippen LogP contribution in [0.3, 0.4) is 0 Å². The first-order chi connectivity index (χ1) is 9.18. The summed E-state index contributed by atoms with van der Waals surface area (Å²) in [4.78, 5) is 24.0. The second-order valence-electron chi connectivity index (χ2n) is 5.06. The molecule has 112 valence electrons. The minimum atomic E-state index is -1.02. The summed E-state index contributed by atoms with van der Waals surface area (Å²) in [6, 6.07) is -0.379. The minimum absolute atomic E-state index is 0.0613. The Balaban J connectivity index is 2.77. The maximum absolute atomic E-state index is 11.9. The highest BCUT2D eigenvalue weighted by Crippen LogP contribution is 2.32. The zero-order valence-electron chi connectivity index (χ0n) is 12.3. The van der Waals surface area contributed by atoms with Gasteiger partial charge in [0.15, 0.2) is 0 Å². The van der Waals surface area contributed by atoms with Crippen LogP contribution in [0.2, 0.25) is 0 Å². The number of carboxylic acid groups (broad SMARTS) is 1. The first-order valence-corrected chi connectivity index (χ1v) is 8.15. The number of carboxylic acids is 1. The van der Waals surface area contributed by atoms with Crippen molar-refractivity contribution in [1.29, 1.82) is 0 Å². The summed E-state index contributed by atoms with van der Waals surface area (Å²) < 4.78 is -0.0613. The fourth-order valence-corrected chi connectivity index (χ4v) is 2.75. The number of carbonyl (C=O) groups excluding carboxylic acids is 1. The predicted octanol–water partition coefficient (Wildman–Crippen LogP) is 3.33. The number of rotatable bonds is 5. The number of aryl methyl sites for hydroxylation is 1. The lowest BCUT2D eigenvalue weighted by Gasteiger charge is -2.22. The maximum atomic E-state index is 11.9. The molecule has 1 aromatic rings. The van der Waals surface area contributed by atoms with E-state index in [2.05, 4.69) is 10.6 Å². The molecule has 5 nitrogen and oxygen atoms in total. The molecule has 7 heteroatoms. The Morgan fingerprint density at radius 1 is 1.35 bits per heavy atom. The summed E-state index contributed by atoms with van der Waals surface area (Å²) >= 11 is 2.93. The Bertz CT molecular complexity index is 524. The molecule has 3 N–H and O–H groups in total. The normalized spacial score (nSPS) is 11.2. The van der Waals surface area contributed by atoms with Gasteiger partial charge in [-0.2, -0.15) is 11.8 Å². The second-order valence-corrected chi connectivity index (χ2v) is 7.80. The maximum Gasteiger partial charge on any atom is 0.338 e. The van der Waals surface area contributed by atoms with Gasteiger partial charge < -0.3 is 10.4 Å². The van der Waals surface area contributed by atoms with Crippen molar-refractivity contribution in [3.63, 3.8) is 0 Å². The number of anilines is 1. The van der Waals surface area contributed by atoms with Gasteiger partial charge in [-0.25, -0.2) is 9.59 Å². The van der Waals surface area contributed by atoms with E-state index in [9.17, 15) is 14.7 Å². The first kappa shape index (κ1) is 16.8. The summed E-state index contributed by atoms with van der Waals surface area (Å²) in [5.74, 6) is -1.02. The number of thiophene rings is 1.